The molecular formula is C14H9BrFNO4. The van der Waals surface area contributed by atoms with Gasteiger partial charge in [0.1, 0.15) is 17.1 Å². The summed E-state index contributed by atoms with van der Waals surface area (Å²) in [4.78, 5) is 22.9. The predicted octanol–water partition coefficient (Wildman–Crippen LogP) is 3.24. The van der Waals surface area contributed by atoms with Crippen LogP contribution in [0, 0.1) is 5.82 Å². The molecule has 0 saturated heterocycles. The molecule has 0 bridgehead atoms. The van der Waals surface area contributed by atoms with Crippen molar-refractivity contribution < 1.29 is 24.2 Å². The molecule has 0 saturated carbocycles. The van der Waals surface area contributed by atoms with Crippen LogP contribution in [0.3, 0.4) is 0 Å². The SMILES string of the molecule is O=C(O)c1cc(NC(=O)c2ccc(F)cc2Br)ccc1O. The monoisotopic (exact) mass is 353 g/mol. The number of halogens is 2. The van der Waals surface area contributed by atoms with Crippen molar-refractivity contribution in [1.29, 1.82) is 0 Å². The third kappa shape index (κ3) is 3.38. The first-order valence-corrected chi connectivity index (χ1v) is 6.50. The zero-order valence-corrected chi connectivity index (χ0v) is 12.0. The van der Waals surface area contributed by atoms with Gasteiger partial charge in [-0.3, -0.25) is 4.79 Å². The number of rotatable bonds is 3. The highest BCUT2D eigenvalue weighted by Crippen LogP contribution is 2.23. The summed E-state index contributed by atoms with van der Waals surface area (Å²) in [6.07, 6.45) is 0. The second kappa shape index (κ2) is 5.92. The summed E-state index contributed by atoms with van der Waals surface area (Å²) < 4.78 is 13.2. The number of hydrogen-bond acceptors (Lipinski definition) is 3. The minimum atomic E-state index is -1.31. The van der Waals surface area contributed by atoms with E-state index >= 15 is 0 Å². The second-order valence-corrected chi connectivity index (χ2v) is 4.97. The van der Waals surface area contributed by atoms with E-state index in [1.165, 1.54) is 18.2 Å². The Balaban J connectivity index is 2.27. The minimum absolute atomic E-state index is 0.196. The van der Waals surface area contributed by atoms with Gasteiger partial charge in [-0.1, -0.05) is 0 Å². The van der Waals surface area contributed by atoms with Crippen molar-refractivity contribution in [2.24, 2.45) is 0 Å². The van der Waals surface area contributed by atoms with Crippen LogP contribution in [-0.2, 0) is 0 Å². The van der Waals surface area contributed by atoms with Crippen molar-refractivity contribution in [2.75, 3.05) is 5.32 Å². The van der Waals surface area contributed by atoms with Crippen LogP contribution in [0.1, 0.15) is 20.7 Å². The molecule has 0 heterocycles. The summed E-state index contributed by atoms with van der Waals surface area (Å²) in [5.41, 5.74) is 0.0683. The third-order valence-electron chi connectivity index (χ3n) is 2.66. The topological polar surface area (TPSA) is 86.6 Å². The normalized spacial score (nSPS) is 10.2. The molecule has 3 N–H and O–H groups in total. The van der Waals surface area contributed by atoms with Crippen molar-refractivity contribution >= 4 is 33.5 Å². The first kappa shape index (κ1) is 15.0. The van der Waals surface area contributed by atoms with Crippen LogP contribution in [-0.4, -0.2) is 22.1 Å². The van der Waals surface area contributed by atoms with Crippen molar-refractivity contribution in [2.45, 2.75) is 0 Å². The highest BCUT2D eigenvalue weighted by molar-refractivity contribution is 9.10. The lowest BCUT2D eigenvalue weighted by Gasteiger charge is -2.08. The number of carbonyl (C=O) groups excluding carboxylic acids is 1. The maximum absolute atomic E-state index is 13.0. The van der Waals surface area contributed by atoms with Gasteiger partial charge >= 0.3 is 5.97 Å². The molecule has 0 fully saturated rings. The molecule has 0 spiro atoms. The smallest absolute Gasteiger partial charge is 0.339 e. The van der Waals surface area contributed by atoms with Gasteiger partial charge in [0.2, 0.25) is 0 Å². The number of nitrogens with one attached hydrogen (secondary N) is 1. The van der Waals surface area contributed by atoms with E-state index in [4.69, 9.17) is 5.11 Å². The molecule has 0 aliphatic heterocycles. The van der Waals surface area contributed by atoms with E-state index < -0.39 is 23.4 Å². The van der Waals surface area contributed by atoms with E-state index in [9.17, 15) is 19.1 Å². The molecular weight excluding hydrogens is 345 g/mol. The predicted molar refractivity (Wildman–Crippen MR) is 77.1 cm³/mol. The van der Waals surface area contributed by atoms with Crippen molar-refractivity contribution in [3.8, 4) is 5.75 Å². The van der Waals surface area contributed by atoms with E-state index in [0.29, 0.717) is 0 Å². The van der Waals surface area contributed by atoms with Gasteiger partial charge < -0.3 is 15.5 Å². The maximum atomic E-state index is 13.0. The Morgan fingerprint density at radius 1 is 1.10 bits per heavy atom. The quantitative estimate of drug-likeness (QED) is 0.739. The van der Waals surface area contributed by atoms with Gasteiger partial charge in [0.05, 0.1) is 5.56 Å². The second-order valence-electron chi connectivity index (χ2n) is 4.12. The number of carbonyl (C=O) groups is 2. The van der Waals surface area contributed by atoms with Crippen LogP contribution in [0.25, 0.3) is 0 Å². The number of hydrogen-bond donors (Lipinski definition) is 3. The zero-order valence-electron chi connectivity index (χ0n) is 10.4. The molecule has 0 atom stereocenters. The van der Waals surface area contributed by atoms with Crippen LogP contribution in [0.2, 0.25) is 0 Å². The van der Waals surface area contributed by atoms with E-state index in [1.807, 2.05) is 0 Å². The molecule has 0 radical (unpaired) electrons. The molecule has 0 aliphatic carbocycles. The molecule has 2 aromatic carbocycles. The van der Waals surface area contributed by atoms with Crippen molar-refractivity contribution in [1.82, 2.24) is 0 Å². The average Bonchev–Trinajstić information content (AvgIpc) is 2.40. The van der Waals surface area contributed by atoms with Gasteiger partial charge in [0.25, 0.3) is 5.91 Å². The number of benzene rings is 2. The maximum Gasteiger partial charge on any atom is 0.339 e. The molecule has 2 aromatic rings. The fraction of sp³-hybridized carbons (Fsp3) is 0. The Bertz CT molecular complexity index is 733. The fourth-order valence-electron chi connectivity index (χ4n) is 1.66. The van der Waals surface area contributed by atoms with Crippen LogP contribution in [0.5, 0.6) is 5.75 Å². The highest BCUT2D eigenvalue weighted by atomic mass is 79.9. The van der Waals surface area contributed by atoms with Crippen LogP contribution >= 0.6 is 15.9 Å². The van der Waals surface area contributed by atoms with Gasteiger partial charge in [-0.15, -0.1) is 0 Å². The van der Waals surface area contributed by atoms with E-state index in [0.717, 1.165) is 18.2 Å². The first-order chi connectivity index (χ1) is 9.88. The molecule has 0 aromatic heterocycles. The Morgan fingerprint density at radius 3 is 2.43 bits per heavy atom. The highest BCUT2D eigenvalue weighted by Gasteiger charge is 2.14. The molecule has 5 nitrogen and oxygen atoms in total. The summed E-state index contributed by atoms with van der Waals surface area (Å²) in [5, 5.41) is 20.8. The number of phenols is 1. The lowest BCUT2D eigenvalue weighted by molar-refractivity contribution is 0.0693. The molecule has 7 heteroatoms. The van der Waals surface area contributed by atoms with Gasteiger partial charge in [0, 0.05) is 10.2 Å². The van der Waals surface area contributed by atoms with Crippen molar-refractivity contribution in [3.63, 3.8) is 0 Å². The van der Waals surface area contributed by atoms with E-state index in [1.54, 1.807) is 0 Å². The van der Waals surface area contributed by atoms with Gasteiger partial charge in [-0.2, -0.15) is 0 Å². The summed E-state index contributed by atoms with van der Waals surface area (Å²) in [6.45, 7) is 0. The van der Waals surface area contributed by atoms with Gasteiger partial charge in [-0.25, -0.2) is 9.18 Å². The molecule has 1 amide bonds. The molecule has 0 aliphatic rings. The summed E-state index contributed by atoms with van der Waals surface area (Å²) in [5.74, 6) is -2.74. The van der Waals surface area contributed by atoms with E-state index in [-0.39, 0.29) is 21.3 Å². The minimum Gasteiger partial charge on any atom is -0.507 e. The molecule has 2 rings (SSSR count). The number of amides is 1. The Hall–Kier alpha value is -2.41. The molecule has 108 valence electrons. The lowest BCUT2D eigenvalue weighted by Crippen LogP contribution is -2.13. The number of aromatic carboxylic acids is 1. The van der Waals surface area contributed by atoms with E-state index in [2.05, 4.69) is 21.2 Å². The van der Waals surface area contributed by atoms with Crippen LogP contribution < -0.4 is 5.32 Å². The van der Waals surface area contributed by atoms with Gasteiger partial charge in [0.15, 0.2) is 0 Å². The van der Waals surface area contributed by atoms with Crippen LogP contribution in [0.4, 0.5) is 10.1 Å². The largest absolute Gasteiger partial charge is 0.507 e. The lowest BCUT2D eigenvalue weighted by atomic mass is 10.1. The number of anilines is 1. The Labute approximate surface area is 127 Å². The fourth-order valence-corrected chi connectivity index (χ4v) is 2.19. The van der Waals surface area contributed by atoms with Crippen molar-refractivity contribution in [3.05, 3.63) is 57.8 Å². The summed E-state index contributed by atoms with van der Waals surface area (Å²) >= 11 is 3.08. The summed E-state index contributed by atoms with van der Waals surface area (Å²) in [7, 11) is 0. The standard InChI is InChI=1S/C14H9BrFNO4/c15-11-5-7(16)1-3-9(11)13(19)17-8-2-4-12(18)10(6-8)14(20)21/h1-6,18H,(H,17,19)(H,20,21). The third-order valence-corrected chi connectivity index (χ3v) is 3.32. The molecule has 21 heavy (non-hydrogen) atoms. The first-order valence-electron chi connectivity index (χ1n) is 5.71. The molecule has 0 unspecified atom stereocenters. The zero-order chi connectivity index (χ0) is 15.6. The Kier molecular flexibility index (Phi) is 4.23. The number of carboxylic acids is 1. The Morgan fingerprint density at radius 2 is 1.81 bits per heavy atom. The number of carboxylic acid groups (broad SMARTS) is 1. The number of aromatic hydroxyl groups is 1. The summed E-state index contributed by atoms with van der Waals surface area (Å²) in [6, 6.07) is 7.24. The average molecular weight is 354 g/mol. The van der Waals surface area contributed by atoms with Gasteiger partial charge in [-0.05, 0) is 52.3 Å². The van der Waals surface area contributed by atoms with Crippen LogP contribution in [0.15, 0.2) is 40.9 Å².